The van der Waals surface area contributed by atoms with Crippen molar-refractivity contribution in [1.82, 2.24) is 4.31 Å². The highest BCUT2D eigenvalue weighted by Crippen LogP contribution is 2.26. The van der Waals surface area contributed by atoms with E-state index in [1.807, 2.05) is 0 Å². The van der Waals surface area contributed by atoms with E-state index in [0.717, 1.165) is 4.31 Å². The molecule has 0 amide bonds. The molecular weight excluding hydrogens is 250 g/mol. The third-order valence-corrected chi connectivity index (χ3v) is 4.33. The van der Waals surface area contributed by atoms with E-state index in [-0.39, 0.29) is 12.5 Å². The van der Waals surface area contributed by atoms with Gasteiger partial charge in [-0.2, -0.15) is 12.7 Å². The molecule has 82 valence electrons. The predicted molar refractivity (Wildman–Crippen MR) is 54.4 cm³/mol. The number of nitrogens with zero attached hydrogens (tertiary/aromatic N) is 1. The van der Waals surface area contributed by atoms with E-state index in [4.69, 9.17) is 15.4 Å². The zero-order chi connectivity index (χ0) is 10.8. The molecule has 0 bridgehead atoms. The average molecular weight is 260 g/mol. The number of rotatable bonds is 3. The fraction of sp³-hybridized carbons (Fsp3) is 0.833. The summed E-state index contributed by atoms with van der Waals surface area (Å²) in [4.78, 5) is 11.3. The molecule has 0 saturated carbocycles. The Labute approximate surface area is 91.3 Å². The van der Waals surface area contributed by atoms with Crippen LogP contribution in [-0.4, -0.2) is 43.0 Å². The van der Waals surface area contributed by atoms with Gasteiger partial charge in [-0.05, 0) is 6.92 Å². The first kappa shape index (κ1) is 12.1. The van der Waals surface area contributed by atoms with Crippen molar-refractivity contribution in [2.24, 2.45) is 0 Å². The number of esters is 1. The van der Waals surface area contributed by atoms with Gasteiger partial charge in [-0.25, -0.2) is 0 Å². The van der Waals surface area contributed by atoms with Crippen molar-refractivity contribution < 1.29 is 17.9 Å². The Balaban J connectivity index is 2.74. The van der Waals surface area contributed by atoms with Crippen LogP contribution >= 0.6 is 22.4 Å². The van der Waals surface area contributed by atoms with Crippen LogP contribution in [0.4, 0.5) is 0 Å². The van der Waals surface area contributed by atoms with E-state index in [1.165, 1.54) is 11.8 Å². The first-order chi connectivity index (χ1) is 6.46. The number of hydrogen-bond donors (Lipinski definition) is 0. The number of carbonyl (C=O) groups excluding carboxylic acids is 1. The van der Waals surface area contributed by atoms with Crippen LogP contribution in [-0.2, 0) is 18.8 Å². The number of hydrogen-bond acceptors (Lipinski definition) is 5. The summed E-state index contributed by atoms with van der Waals surface area (Å²) in [5.74, 6) is 0.0572. The fourth-order valence-electron chi connectivity index (χ4n) is 1.07. The van der Waals surface area contributed by atoms with Crippen LogP contribution in [0.2, 0.25) is 0 Å². The molecule has 1 saturated heterocycles. The highest BCUT2D eigenvalue weighted by atomic mass is 35.7. The lowest BCUT2D eigenvalue weighted by molar-refractivity contribution is -0.146. The first-order valence-corrected chi connectivity index (χ1v) is 7.34. The maximum atomic E-state index is 11.3. The van der Waals surface area contributed by atoms with Crippen LogP contribution in [0, 0.1) is 0 Å². The van der Waals surface area contributed by atoms with Crippen molar-refractivity contribution in [2.45, 2.75) is 13.0 Å². The molecule has 0 spiro atoms. The zero-order valence-corrected chi connectivity index (χ0v) is 9.86. The number of halogens is 1. The Kier molecular flexibility index (Phi) is 4.05. The highest BCUT2D eigenvalue weighted by Gasteiger charge is 2.39. The van der Waals surface area contributed by atoms with E-state index in [0.29, 0.717) is 5.75 Å². The summed E-state index contributed by atoms with van der Waals surface area (Å²) in [7, 11) is 1.32. The Bertz CT molecular complexity index is 318. The van der Waals surface area contributed by atoms with Gasteiger partial charge < -0.3 is 4.74 Å². The molecule has 1 fully saturated rings. The number of ether oxygens (including phenoxy) is 1. The molecule has 8 heteroatoms. The molecule has 5 nitrogen and oxygen atoms in total. The van der Waals surface area contributed by atoms with E-state index >= 15 is 0 Å². The molecule has 1 aliphatic rings. The molecule has 1 atom stereocenters. The molecule has 1 unspecified atom stereocenters. The van der Waals surface area contributed by atoms with E-state index in [2.05, 4.69) is 0 Å². The lowest BCUT2D eigenvalue weighted by Gasteiger charge is -2.17. The zero-order valence-electron chi connectivity index (χ0n) is 7.47. The minimum Gasteiger partial charge on any atom is -0.465 e. The predicted octanol–water partition coefficient (Wildman–Crippen LogP) is 0.408. The van der Waals surface area contributed by atoms with Crippen LogP contribution < -0.4 is 0 Å². The summed E-state index contributed by atoms with van der Waals surface area (Å²) in [6.45, 7) is 1.90. The second kappa shape index (κ2) is 4.69. The van der Waals surface area contributed by atoms with Gasteiger partial charge in [0.1, 0.15) is 6.04 Å². The molecule has 1 rings (SSSR count). The molecule has 0 aromatic carbocycles. The maximum Gasteiger partial charge on any atom is 0.325 e. The van der Waals surface area contributed by atoms with Gasteiger partial charge in [0, 0.05) is 16.4 Å². The van der Waals surface area contributed by atoms with E-state index < -0.39 is 21.2 Å². The molecule has 0 radical (unpaired) electrons. The third kappa shape index (κ3) is 2.75. The summed E-state index contributed by atoms with van der Waals surface area (Å²) in [5.41, 5.74) is 0. The number of carbonyl (C=O) groups is 1. The fourth-order valence-corrected chi connectivity index (χ4v) is 4.00. The summed E-state index contributed by atoms with van der Waals surface area (Å²) in [5, 5.41) is 0. The molecule has 0 aromatic heterocycles. The molecule has 1 aliphatic heterocycles. The summed E-state index contributed by atoms with van der Waals surface area (Å²) >= 11 is 1.33. The van der Waals surface area contributed by atoms with Gasteiger partial charge >= 0.3 is 15.2 Å². The van der Waals surface area contributed by atoms with Crippen molar-refractivity contribution in [3.63, 3.8) is 0 Å². The second-order valence-corrected chi connectivity index (χ2v) is 6.06. The van der Waals surface area contributed by atoms with Crippen LogP contribution in [0.3, 0.4) is 0 Å². The molecule has 0 aromatic rings. The van der Waals surface area contributed by atoms with Crippen molar-refractivity contribution in [1.29, 1.82) is 0 Å². The van der Waals surface area contributed by atoms with Crippen molar-refractivity contribution in [3.05, 3.63) is 0 Å². The second-order valence-electron chi connectivity index (χ2n) is 2.60. The maximum absolute atomic E-state index is 11.3. The smallest absolute Gasteiger partial charge is 0.325 e. The lowest BCUT2D eigenvalue weighted by atomic mass is 10.3. The Morgan fingerprint density at radius 2 is 2.36 bits per heavy atom. The SMILES string of the molecule is CCOC(=O)C1CSCN1S(=O)(=O)Cl. The summed E-state index contributed by atoms with van der Waals surface area (Å²) in [6.07, 6.45) is 0. The largest absolute Gasteiger partial charge is 0.465 e. The monoisotopic (exact) mass is 259 g/mol. The van der Waals surface area contributed by atoms with Gasteiger partial charge in [0.25, 0.3) is 0 Å². The Hall–Kier alpha value is 0.0200. The third-order valence-electron chi connectivity index (χ3n) is 1.68. The van der Waals surface area contributed by atoms with E-state index in [1.54, 1.807) is 6.92 Å². The quantitative estimate of drug-likeness (QED) is 0.543. The molecule has 0 N–H and O–H groups in total. The van der Waals surface area contributed by atoms with Gasteiger partial charge in [0.15, 0.2) is 0 Å². The van der Waals surface area contributed by atoms with E-state index in [9.17, 15) is 13.2 Å². The lowest BCUT2D eigenvalue weighted by Crippen LogP contribution is -2.40. The van der Waals surface area contributed by atoms with Crippen LogP contribution in [0.1, 0.15) is 6.92 Å². The summed E-state index contributed by atoms with van der Waals surface area (Å²) < 4.78 is 27.7. The van der Waals surface area contributed by atoms with Gasteiger partial charge in [-0.3, -0.25) is 4.79 Å². The minimum absolute atomic E-state index is 0.204. The topological polar surface area (TPSA) is 63.7 Å². The normalized spacial score (nSPS) is 23.7. The molecule has 14 heavy (non-hydrogen) atoms. The molecule has 0 aliphatic carbocycles. The molecular formula is C6H10ClNO4S2. The van der Waals surface area contributed by atoms with Gasteiger partial charge in [0.05, 0.1) is 12.5 Å². The molecule has 1 heterocycles. The summed E-state index contributed by atoms with van der Waals surface area (Å²) in [6, 6.07) is -0.776. The van der Waals surface area contributed by atoms with Crippen LogP contribution in [0.25, 0.3) is 0 Å². The average Bonchev–Trinajstić information content (AvgIpc) is 2.50. The van der Waals surface area contributed by atoms with Crippen molar-refractivity contribution in [2.75, 3.05) is 18.2 Å². The van der Waals surface area contributed by atoms with Crippen molar-refractivity contribution >= 4 is 37.7 Å². The van der Waals surface area contributed by atoms with Gasteiger partial charge in [-0.15, -0.1) is 11.8 Å². The first-order valence-electron chi connectivity index (χ1n) is 3.92. The van der Waals surface area contributed by atoms with Gasteiger partial charge in [-0.1, -0.05) is 0 Å². The Morgan fingerprint density at radius 3 is 2.86 bits per heavy atom. The van der Waals surface area contributed by atoms with Crippen molar-refractivity contribution in [3.8, 4) is 0 Å². The highest BCUT2D eigenvalue weighted by molar-refractivity contribution is 8.12. The Morgan fingerprint density at radius 1 is 1.71 bits per heavy atom. The minimum atomic E-state index is -3.83. The van der Waals surface area contributed by atoms with Crippen LogP contribution in [0.15, 0.2) is 0 Å². The van der Waals surface area contributed by atoms with Gasteiger partial charge in [0.2, 0.25) is 0 Å². The van der Waals surface area contributed by atoms with Crippen LogP contribution in [0.5, 0.6) is 0 Å². The number of thioether (sulfide) groups is 1. The standard InChI is InChI=1S/C6H10ClNO4S2/c1-2-12-6(9)5-3-13-4-8(5)14(7,10)11/h5H,2-4H2,1H3.